The summed E-state index contributed by atoms with van der Waals surface area (Å²) in [5.41, 5.74) is 1.89. The van der Waals surface area contributed by atoms with Crippen molar-refractivity contribution < 1.29 is 13.2 Å². The van der Waals surface area contributed by atoms with Crippen LogP contribution in [0.5, 0.6) is 0 Å². The van der Waals surface area contributed by atoms with Gasteiger partial charge in [0, 0.05) is 23.7 Å². The molecule has 0 aliphatic carbocycles. The van der Waals surface area contributed by atoms with E-state index in [2.05, 4.69) is 35.7 Å². The largest absolute Gasteiger partial charge is 0.377 e. The summed E-state index contributed by atoms with van der Waals surface area (Å²) in [5, 5.41) is 9.00. The van der Waals surface area contributed by atoms with E-state index in [1.165, 1.54) is 0 Å². The third-order valence-corrected chi connectivity index (χ3v) is 6.67. The molecule has 0 saturated heterocycles. The van der Waals surface area contributed by atoms with Crippen molar-refractivity contribution in [2.24, 2.45) is 0 Å². The topological polar surface area (TPSA) is 86.1 Å². The predicted molar refractivity (Wildman–Crippen MR) is 128 cm³/mol. The van der Waals surface area contributed by atoms with Crippen LogP contribution < -0.4 is 4.72 Å². The quantitative estimate of drug-likeness (QED) is 0.491. The fourth-order valence-electron chi connectivity index (χ4n) is 3.41. The van der Waals surface area contributed by atoms with Crippen LogP contribution in [0.4, 0.5) is 5.69 Å². The predicted octanol–water partition coefficient (Wildman–Crippen LogP) is 5.42. The Bertz CT molecular complexity index is 1200. The molecule has 0 fully saturated rings. The first-order valence-electron chi connectivity index (χ1n) is 10.3. The number of halogens is 1. The lowest BCUT2D eigenvalue weighted by molar-refractivity contribution is 0.173. The summed E-state index contributed by atoms with van der Waals surface area (Å²) in [6.07, 6.45) is 0. The molecular weight excluding hydrogens is 448 g/mol. The lowest BCUT2D eigenvalue weighted by atomic mass is 9.87. The average Bonchev–Trinajstić information content (AvgIpc) is 3.13. The van der Waals surface area contributed by atoms with Gasteiger partial charge in [0.2, 0.25) is 0 Å². The molecule has 0 atom stereocenters. The van der Waals surface area contributed by atoms with E-state index in [9.17, 15) is 8.42 Å². The van der Waals surface area contributed by atoms with Gasteiger partial charge in [-0.2, -0.15) is 0 Å². The van der Waals surface area contributed by atoms with Gasteiger partial charge in [0.05, 0.1) is 10.6 Å². The van der Waals surface area contributed by atoms with Crippen LogP contribution in [0.3, 0.4) is 0 Å². The Hall–Kier alpha value is -2.42. The highest BCUT2D eigenvalue weighted by molar-refractivity contribution is 7.92. The minimum absolute atomic E-state index is 0.0264. The molecule has 0 aliphatic heterocycles. The van der Waals surface area contributed by atoms with Crippen LogP contribution in [0.15, 0.2) is 47.4 Å². The minimum atomic E-state index is -3.83. The molecule has 3 rings (SSSR count). The van der Waals surface area contributed by atoms with Gasteiger partial charge >= 0.3 is 0 Å². The highest BCUT2D eigenvalue weighted by Crippen LogP contribution is 2.33. The molecule has 172 valence electrons. The van der Waals surface area contributed by atoms with Crippen LogP contribution in [0.1, 0.15) is 52.0 Å². The minimum Gasteiger partial charge on any atom is -0.377 e. The van der Waals surface area contributed by atoms with Crippen molar-refractivity contribution in [2.45, 2.75) is 57.6 Å². The van der Waals surface area contributed by atoms with Gasteiger partial charge in [0.25, 0.3) is 10.0 Å². The van der Waals surface area contributed by atoms with E-state index in [0.29, 0.717) is 27.9 Å². The fraction of sp³-hybridized carbons (Fsp3) is 0.391. The Kier molecular flexibility index (Phi) is 6.97. The van der Waals surface area contributed by atoms with Crippen LogP contribution in [0, 0.1) is 0 Å². The Balaban J connectivity index is 2.04. The lowest BCUT2D eigenvalue weighted by Crippen LogP contribution is -2.16. The first-order chi connectivity index (χ1) is 14.9. The van der Waals surface area contributed by atoms with E-state index < -0.39 is 10.0 Å². The van der Waals surface area contributed by atoms with Gasteiger partial charge in [-0.25, -0.2) is 8.42 Å². The smallest absolute Gasteiger partial charge is 0.261 e. The number of ether oxygens (including phenoxy) is 1. The molecule has 2 aromatic carbocycles. The molecule has 0 amide bonds. The summed E-state index contributed by atoms with van der Waals surface area (Å²) >= 11 is 6.26. The summed E-state index contributed by atoms with van der Waals surface area (Å²) in [5.74, 6) is 1.15. The number of nitrogens with one attached hydrogen (secondary N) is 1. The number of aromatic nitrogens is 3. The molecule has 0 radical (unpaired) electrons. The maximum Gasteiger partial charge on any atom is 0.261 e. The third kappa shape index (κ3) is 5.14. The molecular formula is C23H29ClN4O3S. The summed E-state index contributed by atoms with van der Waals surface area (Å²) in [4.78, 5) is 0.178. The van der Waals surface area contributed by atoms with Gasteiger partial charge in [-0.1, -0.05) is 44.5 Å². The van der Waals surface area contributed by atoms with Crippen molar-refractivity contribution in [2.75, 3.05) is 11.8 Å². The first-order valence-corrected chi connectivity index (χ1v) is 12.2. The number of methoxy groups -OCH3 is 1. The molecule has 1 N–H and O–H groups in total. The zero-order chi connectivity index (χ0) is 23.7. The number of nitrogens with zero attached hydrogens (tertiary/aromatic N) is 3. The standard InChI is InChI=1S/C23H29ClN4O3S/c1-15(2)28-21(14-31-6)25-26-22(28)19-13-17(24)9-12-20(19)27-32(29,30)18-10-7-16(8-11-18)23(3,4)5/h7-13,15,27H,14H2,1-6H3. The molecule has 0 spiro atoms. The highest BCUT2D eigenvalue weighted by atomic mass is 35.5. The molecule has 3 aromatic rings. The highest BCUT2D eigenvalue weighted by Gasteiger charge is 2.23. The fourth-order valence-corrected chi connectivity index (χ4v) is 4.66. The van der Waals surface area contributed by atoms with Crippen LogP contribution in [-0.2, 0) is 26.8 Å². The summed E-state index contributed by atoms with van der Waals surface area (Å²) < 4.78 is 36.1. The summed E-state index contributed by atoms with van der Waals surface area (Å²) in [7, 11) is -2.24. The van der Waals surface area contributed by atoms with Crippen molar-refractivity contribution in [3.63, 3.8) is 0 Å². The normalized spacial score (nSPS) is 12.4. The van der Waals surface area contributed by atoms with Crippen molar-refractivity contribution in [1.82, 2.24) is 14.8 Å². The zero-order valence-corrected chi connectivity index (χ0v) is 20.8. The molecule has 1 aromatic heterocycles. The second-order valence-corrected chi connectivity index (χ2v) is 11.0. The zero-order valence-electron chi connectivity index (χ0n) is 19.2. The van der Waals surface area contributed by atoms with E-state index in [-0.39, 0.29) is 23.0 Å². The first kappa shape index (κ1) is 24.2. The molecule has 1 heterocycles. The van der Waals surface area contributed by atoms with Crippen molar-refractivity contribution in [1.29, 1.82) is 0 Å². The van der Waals surface area contributed by atoms with E-state index in [1.54, 1.807) is 37.4 Å². The van der Waals surface area contributed by atoms with Crippen molar-refractivity contribution in [3.8, 4) is 11.4 Å². The molecule has 32 heavy (non-hydrogen) atoms. The van der Waals surface area contributed by atoms with Gasteiger partial charge in [-0.15, -0.1) is 10.2 Å². The Labute approximate surface area is 194 Å². The monoisotopic (exact) mass is 476 g/mol. The maximum absolute atomic E-state index is 13.2. The van der Waals surface area contributed by atoms with Crippen LogP contribution in [0.2, 0.25) is 5.02 Å². The van der Waals surface area contributed by atoms with Crippen LogP contribution >= 0.6 is 11.6 Å². The summed E-state index contributed by atoms with van der Waals surface area (Å²) in [6.45, 7) is 10.5. The van der Waals surface area contributed by atoms with Gasteiger partial charge in [-0.3, -0.25) is 4.72 Å². The average molecular weight is 477 g/mol. The Morgan fingerprint density at radius 3 is 2.31 bits per heavy atom. The van der Waals surface area contributed by atoms with E-state index in [4.69, 9.17) is 16.3 Å². The van der Waals surface area contributed by atoms with Gasteiger partial charge in [-0.05, 0) is 55.2 Å². The van der Waals surface area contributed by atoms with E-state index in [0.717, 1.165) is 5.56 Å². The maximum atomic E-state index is 13.2. The number of rotatable bonds is 7. The second kappa shape index (κ2) is 9.21. The molecule has 0 aliphatic rings. The number of sulfonamides is 1. The molecule has 9 heteroatoms. The second-order valence-electron chi connectivity index (χ2n) is 8.91. The van der Waals surface area contributed by atoms with Crippen molar-refractivity contribution in [3.05, 3.63) is 58.9 Å². The number of hydrogen-bond donors (Lipinski definition) is 1. The molecule has 7 nitrogen and oxygen atoms in total. The summed E-state index contributed by atoms with van der Waals surface area (Å²) in [6, 6.07) is 11.9. The number of benzene rings is 2. The molecule has 0 bridgehead atoms. The van der Waals surface area contributed by atoms with Gasteiger partial charge < -0.3 is 9.30 Å². The lowest BCUT2D eigenvalue weighted by Gasteiger charge is -2.19. The van der Waals surface area contributed by atoms with E-state index >= 15 is 0 Å². The third-order valence-electron chi connectivity index (χ3n) is 5.05. The van der Waals surface area contributed by atoms with Crippen LogP contribution in [-0.4, -0.2) is 30.3 Å². The molecule has 0 unspecified atom stereocenters. The van der Waals surface area contributed by atoms with E-state index in [1.807, 2.05) is 30.5 Å². The number of anilines is 1. The molecule has 0 saturated carbocycles. The Morgan fingerprint density at radius 1 is 1.09 bits per heavy atom. The van der Waals surface area contributed by atoms with Crippen LogP contribution in [0.25, 0.3) is 11.4 Å². The SMILES string of the molecule is COCc1nnc(-c2cc(Cl)ccc2NS(=O)(=O)c2ccc(C(C)(C)C)cc2)n1C(C)C. The number of hydrogen-bond acceptors (Lipinski definition) is 5. The van der Waals surface area contributed by atoms with Gasteiger partial charge in [0.1, 0.15) is 6.61 Å². The van der Waals surface area contributed by atoms with Gasteiger partial charge in [0.15, 0.2) is 11.6 Å². The Morgan fingerprint density at radius 2 is 1.75 bits per heavy atom. The van der Waals surface area contributed by atoms with Crippen molar-refractivity contribution >= 4 is 27.3 Å².